The van der Waals surface area contributed by atoms with Crippen LogP contribution in [0.2, 0.25) is 0 Å². The SMILES string of the molecule is CCOC(=O)C(C)NC(=O)C1(C#N)CCCCCC1. The Bertz CT molecular complexity index is 365. The molecule has 1 fully saturated rings. The number of rotatable bonds is 4. The van der Waals surface area contributed by atoms with Crippen molar-refractivity contribution in [3.63, 3.8) is 0 Å². The summed E-state index contributed by atoms with van der Waals surface area (Å²) in [5.41, 5.74) is -0.975. The van der Waals surface area contributed by atoms with Crippen LogP contribution in [0, 0.1) is 16.7 Å². The molecule has 19 heavy (non-hydrogen) atoms. The Labute approximate surface area is 114 Å². The van der Waals surface area contributed by atoms with Crippen LogP contribution in [-0.4, -0.2) is 24.5 Å². The molecular weight excluding hydrogens is 244 g/mol. The highest BCUT2D eigenvalue weighted by atomic mass is 16.5. The molecule has 1 aliphatic carbocycles. The summed E-state index contributed by atoms with van der Waals surface area (Å²) in [5.74, 6) is -0.796. The predicted octanol–water partition coefficient (Wildman–Crippen LogP) is 1.92. The molecule has 0 spiro atoms. The van der Waals surface area contributed by atoms with Gasteiger partial charge in [0.15, 0.2) is 0 Å². The van der Waals surface area contributed by atoms with Gasteiger partial charge in [0.1, 0.15) is 11.5 Å². The van der Waals surface area contributed by atoms with Gasteiger partial charge in [-0.25, -0.2) is 4.79 Å². The van der Waals surface area contributed by atoms with E-state index in [9.17, 15) is 14.9 Å². The molecule has 0 aromatic heterocycles. The Balaban J connectivity index is 2.68. The van der Waals surface area contributed by atoms with Crippen molar-refractivity contribution in [3.8, 4) is 6.07 Å². The Morgan fingerprint density at radius 1 is 1.32 bits per heavy atom. The first-order chi connectivity index (χ1) is 9.05. The lowest BCUT2D eigenvalue weighted by Gasteiger charge is -2.25. The van der Waals surface area contributed by atoms with E-state index in [1.807, 2.05) is 0 Å². The average molecular weight is 266 g/mol. The minimum absolute atomic E-state index is 0.280. The van der Waals surface area contributed by atoms with Gasteiger partial charge in [0.25, 0.3) is 0 Å². The van der Waals surface area contributed by atoms with E-state index in [4.69, 9.17) is 4.74 Å². The highest BCUT2D eigenvalue weighted by molar-refractivity contribution is 5.89. The first kappa shape index (κ1) is 15.5. The summed E-state index contributed by atoms with van der Waals surface area (Å²) in [6.45, 7) is 3.58. The number of carbonyl (C=O) groups is 2. The molecule has 0 aromatic rings. The van der Waals surface area contributed by atoms with Crippen molar-refractivity contribution in [2.75, 3.05) is 6.61 Å². The van der Waals surface area contributed by atoms with E-state index in [1.54, 1.807) is 13.8 Å². The van der Waals surface area contributed by atoms with Crippen LogP contribution in [0.1, 0.15) is 52.4 Å². The maximum Gasteiger partial charge on any atom is 0.328 e. The number of hydrogen-bond acceptors (Lipinski definition) is 4. The lowest BCUT2D eigenvalue weighted by atomic mass is 9.81. The monoisotopic (exact) mass is 266 g/mol. The maximum atomic E-state index is 12.3. The van der Waals surface area contributed by atoms with Gasteiger partial charge >= 0.3 is 5.97 Å². The Kier molecular flexibility index (Phi) is 5.81. The molecule has 1 unspecified atom stereocenters. The lowest BCUT2D eigenvalue weighted by molar-refractivity contribution is -0.147. The molecule has 1 atom stereocenters. The molecule has 0 radical (unpaired) electrons. The summed E-state index contributed by atoms with van der Waals surface area (Å²) in [6.07, 6.45) is 5.04. The molecular formula is C14H22N2O3. The number of carbonyl (C=O) groups excluding carboxylic acids is 2. The number of amides is 1. The van der Waals surface area contributed by atoms with Crippen LogP contribution >= 0.6 is 0 Å². The summed E-state index contributed by atoms with van der Waals surface area (Å²) >= 11 is 0. The molecule has 5 nitrogen and oxygen atoms in total. The molecule has 1 saturated carbocycles. The van der Waals surface area contributed by atoms with Gasteiger partial charge < -0.3 is 10.1 Å². The largest absolute Gasteiger partial charge is 0.464 e. The summed E-state index contributed by atoms with van der Waals surface area (Å²) in [4.78, 5) is 23.8. The summed E-state index contributed by atoms with van der Waals surface area (Å²) in [6, 6.07) is 1.46. The zero-order chi connectivity index (χ0) is 14.3. The van der Waals surface area contributed by atoms with Crippen molar-refractivity contribution in [3.05, 3.63) is 0 Å². The van der Waals surface area contributed by atoms with Gasteiger partial charge in [-0.05, 0) is 26.7 Å². The van der Waals surface area contributed by atoms with Crippen LogP contribution in [0.4, 0.5) is 0 Å². The molecule has 0 aromatic carbocycles. The predicted molar refractivity (Wildman–Crippen MR) is 70.0 cm³/mol. The third kappa shape index (κ3) is 3.95. The smallest absolute Gasteiger partial charge is 0.328 e. The summed E-state index contributed by atoms with van der Waals surface area (Å²) < 4.78 is 4.85. The molecule has 0 saturated heterocycles. The third-order valence-corrected chi connectivity index (χ3v) is 3.59. The standard InChI is InChI=1S/C14H22N2O3/c1-3-19-12(17)11(2)16-13(18)14(10-15)8-6-4-5-7-9-14/h11H,3-9H2,1-2H3,(H,16,18). The zero-order valence-corrected chi connectivity index (χ0v) is 11.7. The molecule has 106 valence electrons. The highest BCUT2D eigenvalue weighted by Gasteiger charge is 2.39. The minimum Gasteiger partial charge on any atom is -0.464 e. The number of hydrogen-bond donors (Lipinski definition) is 1. The molecule has 5 heteroatoms. The van der Waals surface area contributed by atoms with E-state index in [0.29, 0.717) is 12.8 Å². The van der Waals surface area contributed by atoms with E-state index in [-0.39, 0.29) is 12.5 Å². The Morgan fingerprint density at radius 2 is 1.89 bits per heavy atom. The average Bonchev–Trinajstić information content (AvgIpc) is 2.65. The van der Waals surface area contributed by atoms with Crippen molar-refractivity contribution in [2.24, 2.45) is 5.41 Å². The van der Waals surface area contributed by atoms with E-state index < -0.39 is 17.4 Å². The van der Waals surface area contributed by atoms with Gasteiger partial charge in [-0.2, -0.15) is 5.26 Å². The van der Waals surface area contributed by atoms with E-state index in [1.165, 1.54) is 0 Å². The molecule has 1 N–H and O–H groups in total. The minimum atomic E-state index is -0.975. The van der Waals surface area contributed by atoms with Gasteiger partial charge in [-0.1, -0.05) is 25.7 Å². The molecule has 0 aliphatic heterocycles. The highest BCUT2D eigenvalue weighted by Crippen LogP contribution is 2.34. The summed E-state index contributed by atoms with van der Waals surface area (Å²) in [5, 5.41) is 12.0. The van der Waals surface area contributed by atoms with E-state index in [0.717, 1.165) is 25.7 Å². The maximum absolute atomic E-state index is 12.3. The third-order valence-electron chi connectivity index (χ3n) is 3.59. The number of nitrogens with one attached hydrogen (secondary N) is 1. The molecule has 0 heterocycles. The van der Waals surface area contributed by atoms with E-state index in [2.05, 4.69) is 11.4 Å². The number of nitriles is 1. The van der Waals surface area contributed by atoms with E-state index >= 15 is 0 Å². The van der Waals surface area contributed by atoms with Crippen LogP contribution in [-0.2, 0) is 14.3 Å². The quantitative estimate of drug-likeness (QED) is 0.622. The van der Waals surface area contributed by atoms with Crippen LogP contribution in [0.15, 0.2) is 0 Å². The second kappa shape index (κ2) is 7.13. The lowest BCUT2D eigenvalue weighted by Crippen LogP contribution is -2.47. The second-order valence-corrected chi connectivity index (χ2v) is 5.06. The van der Waals surface area contributed by atoms with Gasteiger partial charge in [-0.15, -0.1) is 0 Å². The summed E-state index contributed by atoms with van der Waals surface area (Å²) in [7, 11) is 0. The van der Waals surface area contributed by atoms with Crippen molar-refractivity contribution < 1.29 is 14.3 Å². The fraction of sp³-hybridized carbons (Fsp3) is 0.786. The molecule has 1 aliphatic rings. The van der Waals surface area contributed by atoms with Crippen molar-refractivity contribution in [2.45, 2.75) is 58.4 Å². The number of nitrogens with zero attached hydrogens (tertiary/aromatic N) is 1. The molecule has 0 bridgehead atoms. The van der Waals surface area contributed by atoms with Crippen molar-refractivity contribution in [1.29, 1.82) is 5.26 Å². The first-order valence-electron chi connectivity index (χ1n) is 6.94. The normalized spacial score (nSPS) is 19.6. The van der Waals surface area contributed by atoms with Crippen LogP contribution in [0.5, 0.6) is 0 Å². The van der Waals surface area contributed by atoms with Crippen LogP contribution < -0.4 is 5.32 Å². The number of ether oxygens (including phenoxy) is 1. The molecule has 1 rings (SSSR count). The zero-order valence-electron chi connectivity index (χ0n) is 11.7. The molecule has 1 amide bonds. The van der Waals surface area contributed by atoms with Crippen LogP contribution in [0.3, 0.4) is 0 Å². The van der Waals surface area contributed by atoms with Crippen molar-refractivity contribution >= 4 is 11.9 Å². The number of esters is 1. The Hall–Kier alpha value is -1.57. The fourth-order valence-electron chi connectivity index (χ4n) is 2.38. The topological polar surface area (TPSA) is 79.2 Å². The second-order valence-electron chi connectivity index (χ2n) is 5.06. The van der Waals surface area contributed by atoms with Crippen LogP contribution in [0.25, 0.3) is 0 Å². The van der Waals surface area contributed by atoms with Crippen molar-refractivity contribution in [1.82, 2.24) is 5.32 Å². The first-order valence-corrected chi connectivity index (χ1v) is 6.94. The Morgan fingerprint density at radius 3 is 2.37 bits per heavy atom. The van der Waals surface area contributed by atoms with Gasteiger partial charge in [0.05, 0.1) is 12.7 Å². The van der Waals surface area contributed by atoms with Gasteiger partial charge in [0, 0.05) is 0 Å². The fourth-order valence-corrected chi connectivity index (χ4v) is 2.38. The van der Waals surface area contributed by atoms with Gasteiger partial charge in [-0.3, -0.25) is 4.79 Å². The van der Waals surface area contributed by atoms with Gasteiger partial charge in [0.2, 0.25) is 5.91 Å².